The molecule has 4 saturated carbocycles. The summed E-state index contributed by atoms with van der Waals surface area (Å²) in [5.41, 5.74) is 0.668. The van der Waals surface area contributed by atoms with Crippen LogP contribution >= 0.6 is 0 Å². The summed E-state index contributed by atoms with van der Waals surface area (Å²) in [5.74, 6) is 4.54. The zero-order chi connectivity index (χ0) is 21.8. The molecule has 172 valence electrons. The Morgan fingerprint density at radius 2 is 1.63 bits per heavy atom. The number of hydrogen-bond acceptors (Lipinski definition) is 3. The first-order valence-corrected chi connectivity index (χ1v) is 13.0. The molecule has 0 aromatic rings. The number of Topliss-reactive ketones (excluding diaryl/α,β-unsaturated/α-hetero) is 1. The minimum Gasteiger partial charge on any atom is -0.390 e. The smallest absolute Gasteiger partial charge is 0.133 e. The molecular formula is C27H46O3. The monoisotopic (exact) mass is 418 g/mol. The van der Waals surface area contributed by atoms with Crippen molar-refractivity contribution in [2.45, 2.75) is 111 Å². The van der Waals surface area contributed by atoms with Gasteiger partial charge < -0.3 is 10.2 Å². The standard InChI is InChI=1S/C27H46O3/c1-16(2)14-24(29)25(30)17(3)21-8-9-22-20-7-6-18-15-19(28)10-12-26(18,4)23(20)11-13-27(21,22)5/h16-18,20-25,29-30H,6-15H2,1-5H3/t17-,18-,20-,21+,22-,23-,24+,25+,26-,27+/m0/s1. The van der Waals surface area contributed by atoms with Gasteiger partial charge in [0.15, 0.2) is 0 Å². The molecule has 4 aliphatic carbocycles. The highest BCUT2D eigenvalue weighted by Crippen LogP contribution is 2.68. The van der Waals surface area contributed by atoms with Crippen molar-refractivity contribution in [1.82, 2.24) is 0 Å². The van der Waals surface area contributed by atoms with Gasteiger partial charge in [-0.05, 0) is 104 Å². The van der Waals surface area contributed by atoms with Crippen LogP contribution in [0.2, 0.25) is 0 Å². The van der Waals surface area contributed by atoms with Crippen LogP contribution in [-0.4, -0.2) is 28.2 Å². The lowest BCUT2D eigenvalue weighted by Crippen LogP contribution is -2.54. The molecule has 0 aromatic heterocycles. The number of aliphatic hydroxyl groups excluding tert-OH is 2. The van der Waals surface area contributed by atoms with Crippen LogP contribution in [0, 0.1) is 52.3 Å². The number of carbonyl (C=O) groups is 1. The van der Waals surface area contributed by atoms with Crippen LogP contribution in [0.25, 0.3) is 0 Å². The number of hydrogen-bond donors (Lipinski definition) is 2. The first kappa shape index (κ1) is 22.8. The van der Waals surface area contributed by atoms with Crippen LogP contribution in [0.3, 0.4) is 0 Å². The molecule has 3 heteroatoms. The third kappa shape index (κ3) is 3.60. The SMILES string of the molecule is CC(C)C[C@@H](O)[C@H](O)[C@@H](C)[C@H]1CC[C@H]2[C@@H]3CC[C@H]4CC(=O)CC[C@]4(C)[C@H]3CC[C@]12C. The molecule has 4 aliphatic rings. The van der Waals surface area contributed by atoms with Crippen molar-refractivity contribution < 1.29 is 15.0 Å². The number of rotatable bonds is 5. The van der Waals surface area contributed by atoms with Gasteiger partial charge in [0.2, 0.25) is 0 Å². The zero-order valence-electron chi connectivity index (χ0n) is 20.1. The lowest BCUT2D eigenvalue weighted by molar-refractivity contribution is -0.142. The number of ketones is 1. The molecule has 0 saturated heterocycles. The van der Waals surface area contributed by atoms with Crippen LogP contribution in [0.5, 0.6) is 0 Å². The van der Waals surface area contributed by atoms with Crippen molar-refractivity contribution >= 4 is 5.78 Å². The Bertz CT molecular complexity index is 644. The molecule has 0 aromatic carbocycles. The molecule has 4 rings (SSSR count). The molecule has 0 spiro atoms. The van der Waals surface area contributed by atoms with E-state index in [0.29, 0.717) is 40.8 Å². The van der Waals surface area contributed by atoms with Gasteiger partial charge in [-0.2, -0.15) is 0 Å². The fourth-order valence-corrected chi connectivity index (χ4v) is 9.16. The van der Waals surface area contributed by atoms with Crippen molar-refractivity contribution in [3.05, 3.63) is 0 Å². The maximum Gasteiger partial charge on any atom is 0.133 e. The second-order valence-electron chi connectivity index (χ2n) is 12.7. The molecule has 30 heavy (non-hydrogen) atoms. The van der Waals surface area contributed by atoms with Crippen LogP contribution in [-0.2, 0) is 4.79 Å². The molecule has 3 nitrogen and oxygen atoms in total. The van der Waals surface area contributed by atoms with Gasteiger partial charge in [0, 0.05) is 12.8 Å². The first-order chi connectivity index (χ1) is 14.1. The quantitative estimate of drug-likeness (QED) is 0.609. The summed E-state index contributed by atoms with van der Waals surface area (Å²) in [6.45, 7) is 11.5. The average Bonchev–Trinajstić information content (AvgIpc) is 3.04. The van der Waals surface area contributed by atoms with Crippen molar-refractivity contribution in [3.8, 4) is 0 Å². The van der Waals surface area contributed by atoms with Gasteiger partial charge in [-0.15, -0.1) is 0 Å². The largest absolute Gasteiger partial charge is 0.390 e. The predicted octanol–water partition coefficient (Wildman–Crippen LogP) is 5.62. The molecule has 4 fully saturated rings. The van der Waals surface area contributed by atoms with Gasteiger partial charge in [-0.25, -0.2) is 0 Å². The predicted molar refractivity (Wildman–Crippen MR) is 121 cm³/mol. The summed E-state index contributed by atoms with van der Waals surface area (Å²) in [6.07, 6.45) is 9.82. The molecule has 0 amide bonds. The number of carbonyl (C=O) groups excluding carboxylic acids is 1. The highest BCUT2D eigenvalue weighted by molar-refractivity contribution is 5.79. The third-order valence-electron chi connectivity index (χ3n) is 10.8. The molecule has 0 heterocycles. The van der Waals surface area contributed by atoms with Crippen molar-refractivity contribution in [2.75, 3.05) is 0 Å². The molecule has 0 radical (unpaired) electrons. The lowest BCUT2D eigenvalue weighted by Gasteiger charge is -2.60. The summed E-state index contributed by atoms with van der Waals surface area (Å²) in [6, 6.07) is 0. The van der Waals surface area contributed by atoms with E-state index in [-0.39, 0.29) is 5.92 Å². The van der Waals surface area contributed by atoms with Crippen LogP contribution in [0.15, 0.2) is 0 Å². The van der Waals surface area contributed by atoms with E-state index in [1.165, 1.54) is 38.5 Å². The average molecular weight is 419 g/mol. The lowest BCUT2D eigenvalue weighted by atomic mass is 9.44. The maximum absolute atomic E-state index is 12.1. The second kappa shape index (κ2) is 8.18. The third-order valence-corrected chi connectivity index (χ3v) is 10.8. The van der Waals surface area contributed by atoms with Crippen molar-refractivity contribution in [1.29, 1.82) is 0 Å². The Hall–Kier alpha value is -0.410. The highest BCUT2D eigenvalue weighted by atomic mass is 16.3. The summed E-state index contributed by atoms with van der Waals surface area (Å²) >= 11 is 0. The fourth-order valence-electron chi connectivity index (χ4n) is 9.16. The van der Waals surface area contributed by atoms with Crippen LogP contribution < -0.4 is 0 Å². The topological polar surface area (TPSA) is 57.5 Å². The zero-order valence-corrected chi connectivity index (χ0v) is 20.1. The van der Waals surface area contributed by atoms with Gasteiger partial charge >= 0.3 is 0 Å². The Kier molecular flexibility index (Phi) is 6.21. The molecule has 0 unspecified atom stereocenters. The number of fused-ring (bicyclic) bond motifs is 5. The van der Waals surface area contributed by atoms with Gasteiger partial charge in [0.05, 0.1) is 12.2 Å². The summed E-state index contributed by atoms with van der Waals surface area (Å²) in [4.78, 5) is 12.1. The normalized spacial score (nSPS) is 46.7. The minimum absolute atomic E-state index is 0.157. The van der Waals surface area contributed by atoms with E-state index in [4.69, 9.17) is 0 Å². The summed E-state index contributed by atoms with van der Waals surface area (Å²) in [5, 5.41) is 21.6. The van der Waals surface area contributed by atoms with Crippen LogP contribution in [0.4, 0.5) is 0 Å². The van der Waals surface area contributed by atoms with Gasteiger partial charge in [-0.3, -0.25) is 4.79 Å². The Labute approximate surface area is 184 Å². The Morgan fingerprint density at radius 1 is 0.933 bits per heavy atom. The molecule has 0 bridgehead atoms. The van der Waals surface area contributed by atoms with Gasteiger partial charge in [-0.1, -0.05) is 34.6 Å². The maximum atomic E-state index is 12.1. The summed E-state index contributed by atoms with van der Waals surface area (Å²) in [7, 11) is 0. The van der Waals surface area contributed by atoms with E-state index in [2.05, 4.69) is 34.6 Å². The van der Waals surface area contributed by atoms with Gasteiger partial charge in [0.25, 0.3) is 0 Å². The fraction of sp³-hybridized carbons (Fsp3) is 0.963. The highest BCUT2D eigenvalue weighted by Gasteiger charge is 2.61. The Balaban J connectivity index is 1.51. The molecule has 2 N–H and O–H groups in total. The second-order valence-corrected chi connectivity index (χ2v) is 12.7. The Morgan fingerprint density at radius 3 is 2.33 bits per heavy atom. The van der Waals surface area contributed by atoms with E-state index >= 15 is 0 Å². The van der Waals surface area contributed by atoms with Gasteiger partial charge in [0.1, 0.15) is 5.78 Å². The molecule has 10 atom stereocenters. The van der Waals surface area contributed by atoms with E-state index < -0.39 is 12.2 Å². The van der Waals surface area contributed by atoms with E-state index in [1.807, 2.05) is 0 Å². The molecular weight excluding hydrogens is 372 g/mol. The van der Waals surface area contributed by atoms with Crippen LogP contribution in [0.1, 0.15) is 98.8 Å². The van der Waals surface area contributed by atoms with E-state index in [0.717, 1.165) is 37.0 Å². The summed E-state index contributed by atoms with van der Waals surface area (Å²) < 4.78 is 0. The van der Waals surface area contributed by atoms with Crippen molar-refractivity contribution in [3.63, 3.8) is 0 Å². The molecule has 0 aliphatic heterocycles. The number of aliphatic hydroxyl groups is 2. The van der Waals surface area contributed by atoms with E-state index in [9.17, 15) is 15.0 Å². The first-order valence-electron chi connectivity index (χ1n) is 13.0. The van der Waals surface area contributed by atoms with E-state index in [1.54, 1.807) is 0 Å². The minimum atomic E-state index is -0.608. The van der Waals surface area contributed by atoms with Crippen molar-refractivity contribution in [2.24, 2.45) is 52.3 Å².